The standard InChI is InChI=1S/C16H21BrFNO4/c1-11(23-14-8-7-12(18)10-13(14)17)16(22)19-9-5-3-2-4-6-15(20)21/h7-8,10-11H,2-6,9H2,1H3,(H,19,22)(H,20,21). The van der Waals surface area contributed by atoms with Gasteiger partial charge in [-0.05, 0) is 53.9 Å². The SMILES string of the molecule is CC(Oc1ccc(F)cc1Br)C(=O)NCCCCCCC(=O)O. The monoisotopic (exact) mass is 389 g/mol. The summed E-state index contributed by atoms with van der Waals surface area (Å²) in [7, 11) is 0. The van der Waals surface area contributed by atoms with E-state index in [4.69, 9.17) is 9.84 Å². The van der Waals surface area contributed by atoms with Crippen LogP contribution in [0.15, 0.2) is 22.7 Å². The van der Waals surface area contributed by atoms with Crippen LogP contribution in [0.25, 0.3) is 0 Å². The summed E-state index contributed by atoms with van der Waals surface area (Å²) in [6.45, 7) is 2.14. The fourth-order valence-electron chi connectivity index (χ4n) is 1.92. The van der Waals surface area contributed by atoms with E-state index in [0.717, 1.165) is 19.3 Å². The first-order valence-electron chi connectivity index (χ1n) is 7.51. The quantitative estimate of drug-likeness (QED) is 0.600. The van der Waals surface area contributed by atoms with Gasteiger partial charge in [-0.25, -0.2) is 4.39 Å². The molecule has 128 valence electrons. The van der Waals surface area contributed by atoms with Gasteiger partial charge in [-0.3, -0.25) is 9.59 Å². The number of unbranched alkanes of at least 4 members (excludes halogenated alkanes) is 3. The Morgan fingerprint density at radius 1 is 1.30 bits per heavy atom. The van der Waals surface area contributed by atoms with E-state index in [1.165, 1.54) is 18.2 Å². The van der Waals surface area contributed by atoms with E-state index >= 15 is 0 Å². The van der Waals surface area contributed by atoms with Crippen LogP contribution < -0.4 is 10.1 Å². The van der Waals surface area contributed by atoms with E-state index < -0.39 is 12.1 Å². The normalized spacial score (nSPS) is 11.8. The Bertz CT molecular complexity index is 539. The molecule has 1 aromatic carbocycles. The van der Waals surface area contributed by atoms with Gasteiger partial charge < -0.3 is 15.2 Å². The van der Waals surface area contributed by atoms with Gasteiger partial charge in [0.1, 0.15) is 11.6 Å². The van der Waals surface area contributed by atoms with Crippen molar-refractivity contribution in [3.05, 3.63) is 28.5 Å². The number of benzene rings is 1. The minimum absolute atomic E-state index is 0.184. The number of aliphatic carboxylic acids is 1. The van der Waals surface area contributed by atoms with E-state index in [9.17, 15) is 14.0 Å². The molecule has 7 heteroatoms. The lowest BCUT2D eigenvalue weighted by atomic mass is 10.1. The number of rotatable bonds is 10. The first kappa shape index (κ1) is 19.4. The Morgan fingerprint density at radius 3 is 2.65 bits per heavy atom. The van der Waals surface area contributed by atoms with Crippen molar-refractivity contribution in [2.24, 2.45) is 0 Å². The van der Waals surface area contributed by atoms with E-state index in [1.54, 1.807) is 6.92 Å². The van der Waals surface area contributed by atoms with E-state index in [1.807, 2.05) is 0 Å². The fourth-order valence-corrected chi connectivity index (χ4v) is 2.37. The number of carbonyl (C=O) groups is 2. The number of carboxylic acids is 1. The van der Waals surface area contributed by atoms with Crippen molar-refractivity contribution in [3.8, 4) is 5.75 Å². The highest BCUT2D eigenvalue weighted by Crippen LogP contribution is 2.26. The van der Waals surface area contributed by atoms with Gasteiger partial charge in [-0.2, -0.15) is 0 Å². The second-order valence-electron chi connectivity index (χ2n) is 5.18. The third-order valence-corrected chi connectivity index (χ3v) is 3.80. The number of carboxylic acid groups (broad SMARTS) is 1. The highest BCUT2D eigenvalue weighted by molar-refractivity contribution is 9.10. The lowest BCUT2D eigenvalue weighted by Gasteiger charge is -2.15. The molecule has 2 N–H and O–H groups in total. The van der Waals surface area contributed by atoms with Crippen molar-refractivity contribution < 1.29 is 23.8 Å². The number of amides is 1. The highest BCUT2D eigenvalue weighted by Gasteiger charge is 2.15. The van der Waals surface area contributed by atoms with Gasteiger partial charge >= 0.3 is 5.97 Å². The summed E-state index contributed by atoms with van der Waals surface area (Å²) in [4.78, 5) is 22.3. The molecule has 0 radical (unpaired) electrons. The predicted molar refractivity (Wildman–Crippen MR) is 87.9 cm³/mol. The lowest BCUT2D eigenvalue weighted by molar-refractivity contribution is -0.137. The summed E-state index contributed by atoms with van der Waals surface area (Å²) in [6, 6.07) is 4.00. The predicted octanol–water partition coefficient (Wildman–Crippen LogP) is 3.51. The van der Waals surface area contributed by atoms with Gasteiger partial charge in [-0.1, -0.05) is 12.8 Å². The maximum Gasteiger partial charge on any atom is 0.303 e. The summed E-state index contributed by atoms with van der Waals surface area (Å²) in [5, 5.41) is 11.3. The second kappa shape index (κ2) is 10.2. The fraction of sp³-hybridized carbons (Fsp3) is 0.500. The molecule has 23 heavy (non-hydrogen) atoms. The number of halogens is 2. The molecule has 0 saturated carbocycles. The zero-order valence-corrected chi connectivity index (χ0v) is 14.6. The minimum atomic E-state index is -0.781. The molecule has 1 unspecified atom stereocenters. The molecule has 0 aliphatic carbocycles. The highest BCUT2D eigenvalue weighted by atomic mass is 79.9. The molecular formula is C16H21BrFNO4. The van der Waals surface area contributed by atoms with Crippen LogP contribution >= 0.6 is 15.9 Å². The zero-order chi connectivity index (χ0) is 17.2. The Morgan fingerprint density at radius 2 is 2.00 bits per heavy atom. The topological polar surface area (TPSA) is 75.6 Å². The molecule has 5 nitrogen and oxygen atoms in total. The zero-order valence-electron chi connectivity index (χ0n) is 13.0. The average Bonchev–Trinajstić information content (AvgIpc) is 2.48. The minimum Gasteiger partial charge on any atom is -0.481 e. The average molecular weight is 390 g/mol. The van der Waals surface area contributed by atoms with E-state index in [0.29, 0.717) is 23.2 Å². The summed E-state index contributed by atoms with van der Waals surface area (Å²) in [6.07, 6.45) is 2.63. The number of carbonyl (C=O) groups excluding carboxylic acids is 1. The second-order valence-corrected chi connectivity index (χ2v) is 6.04. The van der Waals surface area contributed by atoms with Crippen molar-refractivity contribution in [3.63, 3.8) is 0 Å². The molecule has 1 rings (SSSR count). The Kier molecular flexibility index (Phi) is 8.61. The van der Waals surface area contributed by atoms with Crippen molar-refractivity contribution in [1.29, 1.82) is 0 Å². The van der Waals surface area contributed by atoms with Crippen molar-refractivity contribution in [2.45, 2.75) is 45.1 Å². The van der Waals surface area contributed by atoms with Crippen LogP contribution in [-0.4, -0.2) is 29.6 Å². The largest absolute Gasteiger partial charge is 0.481 e. The molecule has 0 spiro atoms. The van der Waals surface area contributed by atoms with Gasteiger partial charge in [0.05, 0.1) is 4.47 Å². The van der Waals surface area contributed by atoms with Gasteiger partial charge in [0.2, 0.25) is 0 Å². The number of ether oxygens (including phenoxy) is 1. The molecule has 1 atom stereocenters. The summed E-state index contributed by atoms with van der Waals surface area (Å²) in [5.41, 5.74) is 0. The van der Waals surface area contributed by atoms with Crippen LogP contribution in [-0.2, 0) is 9.59 Å². The molecule has 0 fully saturated rings. The number of nitrogens with one attached hydrogen (secondary N) is 1. The van der Waals surface area contributed by atoms with Crippen molar-refractivity contribution >= 4 is 27.8 Å². The number of hydrogen-bond acceptors (Lipinski definition) is 3. The third kappa shape index (κ3) is 7.97. The first-order valence-corrected chi connectivity index (χ1v) is 8.30. The van der Waals surface area contributed by atoms with Gasteiger partial charge in [0.15, 0.2) is 6.10 Å². The van der Waals surface area contributed by atoms with Gasteiger partial charge in [0.25, 0.3) is 5.91 Å². The first-order chi connectivity index (χ1) is 10.9. The van der Waals surface area contributed by atoms with Crippen LogP contribution in [0.3, 0.4) is 0 Å². The maximum atomic E-state index is 13.0. The van der Waals surface area contributed by atoms with Crippen LogP contribution in [0.2, 0.25) is 0 Å². The molecule has 0 heterocycles. The van der Waals surface area contributed by atoms with Crippen LogP contribution in [0.4, 0.5) is 4.39 Å². The smallest absolute Gasteiger partial charge is 0.303 e. The van der Waals surface area contributed by atoms with Crippen LogP contribution in [0.5, 0.6) is 5.75 Å². The molecule has 0 bridgehead atoms. The van der Waals surface area contributed by atoms with E-state index in [-0.39, 0.29) is 18.1 Å². The van der Waals surface area contributed by atoms with Crippen molar-refractivity contribution in [1.82, 2.24) is 5.32 Å². The molecular weight excluding hydrogens is 369 g/mol. The molecule has 1 aromatic rings. The molecule has 0 saturated heterocycles. The summed E-state index contributed by atoms with van der Waals surface area (Å²) < 4.78 is 18.9. The Balaban J connectivity index is 2.22. The van der Waals surface area contributed by atoms with Crippen molar-refractivity contribution in [2.75, 3.05) is 6.54 Å². The van der Waals surface area contributed by atoms with Gasteiger partial charge in [-0.15, -0.1) is 0 Å². The van der Waals surface area contributed by atoms with E-state index in [2.05, 4.69) is 21.2 Å². The molecule has 0 aromatic heterocycles. The Labute approximate surface area is 143 Å². The summed E-state index contributed by atoms with van der Waals surface area (Å²) >= 11 is 3.18. The third-order valence-electron chi connectivity index (χ3n) is 3.18. The maximum absolute atomic E-state index is 13.0. The Hall–Kier alpha value is -1.63. The molecule has 1 amide bonds. The number of hydrogen-bond donors (Lipinski definition) is 2. The molecule has 0 aliphatic rings. The van der Waals surface area contributed by atoms with Gasteiger partial charge in [0, 0.05) is 13.0 Å². The lowest BCUT2D eigenvalue weighted by Crippen LogP contribution is -2.36. The van der Waals surface area contributed by atoms with Crippen LogP contribution in [0.1, 0.15) is 39.0 Å². The van der Waals surface area contributed by atoms with Crippen LogP contribution in [0, 0.1) is 5.82 Å². The summed E-state index contributed by atoms with van der Waals surface area (Å²) in [5.74, 6) is -1.00. The molecule has 0 aliphatic heterocycles.